The number of hydrogen-bond acceptors (Lipinski definition) is 2. The molecule has 0 radical (unpaired) electrons. The molecule has 0 bridgehead atoms. The number of hydrogen-bond donors (Lipinski definition) is 1. The Morgan fingerprint density at radius 2 is 1.93 bits per heavy atom. The quantitative estimate of drug-likeness (QED) is 0.697. The van der Waals surface area contributed by atoms with Gasteiger partial charge in [0.25, 0.3) is 0 Å². The molecule has 2 rings (SSSR count). The standard InChI is InChI=1S/C12H24N2O/c15-14-9-4-5-12(11-14)6-10-13-7-2-1-3-8-13/h12,14H,1-11H2. The molecule has 15 heavy (non-hydrogen) atoms. The predicted molar refractivity (Wildman–Crippen MR) is 61.7 cm³/mol. The number of rotatable bonds is 3. The first-order chi connectivity index (χ1) is 7.34. The van der Waals surface area contributed by atoms with Crippen molar-refractivity contribution in [3.63, 3.8) is 0 Å². The zero-order chi connectivity index (χ0) is 10.5. The Bertz CT molecular complexity index is 180. The molecule has 0 aromatic carbocycles. The molecule has 88 valence electrons. The lowest BCUT2D eigenvalue weighted by atomic mass is 9.95. The monoisotopic (exact) mass is 212 g/mol. The molecular weight excluding hydrogens is 188 g/mol. The van der Waals surface area contributed by atoms with Crippen LogP contribution < -0.4 is 5.06 Å². The highest BCUT2D eigenvalue weighted by atomic mass is 16.5. The van der Waals surface area contributed by atoms with E-state index in [1.54, 1.807) is 0 Å². The zero-order valence-electron chi connectivity index (χ0n) is 9.71. The van der Waals surface area contributed by atoms with Gasteiger partial charge < -0.3 is 15.2 Å². The smallest absolute Gasteiger partial charge is 0.0797 e. The van der Waals surface area contributed by atoms with E-state index >= 15 is 0 Å². The van der Waals surface area contributed by atoms with E-state index in [2.05, 4.69) is 4.90 Å². The Balaban J connectivity index is 1.63. The lowest BCUT2D eigenvalue weighted by molar-refractivity contribution is -0.857. The third-order valence-electron chi connectivity index (χ3n) is 3.89. The van der Waals surface area contributed by atoms with Gasteiger partial charge in [-0.05, 0) is 51.7 Å². The SMILES string of the molecule is [O-][NH+]1CCCC(CCN2CCCCC2)C1. The van der Waals surface area contributed by atoms with Gasteiger partial charge in [-0.15, -0.1) is 0 Å². The first-order valence-electron chi connectivity index (χ1n) is 6.58. The van der Waals surface area contributed by atoms with E-state index in [9.17, 15) is 5.21 Å². The van der Waals surface area contributed by atoms with E-state index in [1.165, 1.54) is 51.7 Å². The number of nitrogens with zero attached hydrogens (tertiary/aromatic N) is 1. The van der Waals surface area contributed by atoms with Crippen molar-refractivity contribution < 1.29 is 5.06 Å². The minimum Gasteiger partial charge on any atom is -0.634 e. The van der Waals surface area contributed by atoms with Crippen molar-refractivity contribution in [2.24, 2.45) is 5.92 Å². The number of piperidine rings is 2. The minimum absolute atomic E-state index is 0.505. The molecule has 1 N–H and O–H groups in total. The summed E-state index contributed by atoms with van der Waals surface area (Å²) in [5.41, 5.74) is 0. The van der Waals surface area contributed by atoms with Crippen molar-refractivity contribution in [3.05, 3.63) is 5.21 Å². The highest BCUT2D eigenvalue weighted by Gasteiger charge is 2.19. The summed E-state index contributed by atoms with van der Waals surface area (Å²) < 4.78 is 0. The van der Waals surface area contributed by atoms with Crippen LogP contribution in [-0.4, -0.2) is 37.6 Å². The van der Waals surface area contributed by atoms with Gasteiger partial charge in [0.05, 0.1) is 13.1 Å². The Morgan fingerprint density at radius 3 is 2.67 bits per heavy atom. The lowest BCUT2D eigenvalue weighted by Crippen LogP contribution is -3.08. The zero-order valence-corrected chi connectivity index (χ0v) is 9.71. The van der Waals surface area contributed by atoms with Crippen LogP contribution in [0.1, 0.15) is 38.5 Å². The number of likely N-dealkylation sites (tertiary alicyclic amines) is 1. The molecule has 3 heteroatoms. The first kappa shape index (κ1) is 11.4. The third kappa shape index (κ3) is 3.74. The van der Waals surface area contributed by atoms with Crippen molar-refractivity contribution in [2.75, 3.05) is 32.7 Å². The second-order valence-corrected chi connectivity index (χ2v) is 5.19. The summed E-state index contributed by atoms with van der Waals surface area (Å²) in [6, 6.07) is 0. The van der Waals surface area contributed by atoms with Crippen molar-refractivity contribution in [3.8, 4) is 0 Å². The molecule has 2 unspecified atom stereocenters. The topological polar surface area (TPSA) is 30.7 Å². The fraction of sp³-hybridized carbons (Fsp3) is 1.00. The van der Waals surface area contributed by atoms with Crippen LogP contribution in [0.3, 0.4) is 0 Å². The van der Waals surface area contributed by atoms with Crippen LogP contribution in [0.15, 0.2) is 0 Å². The predicted octanol–water partition coefficient (Wildman–Crippen LogP) is 0.655. The maximum absolute atomic E-state index is 11.3. The fourth-order valence-corrected chi connectivity index (χ4v) is 2.91. The minimum atomic E-state index is 0.505. The largest absolute Gasteiger partial charge is 0.634 e. The summed E-state index contributed by atoms with van der Waals surface area (Å²) in [5.74, 6) is 0.702. The van der Waals surface area contributed by atoms with Crippen molar-refractivity contribution in [1.29, 1.82) is 0 Å². The molecule has 0 aliphatic carbocycles. The second kappa shape index (κ2) is 5.83. The normalized spacial score (nSPS) is 34.2. The van der Waals surface area contributed by atoms with Crippen LogP contribution in [0, 0.1) is 11.1 Å². The molecule has 2 aliphatic heterocycles. The van der Waals surface area contributed by atoms with Crippen molar-refractivity contribution >= 4 is 0 Å². The fourth-order valence-electron chi connectivity index (χ4n) is 2.91. The second-order valence-electron chi connectivity index (χ2n) is 5.19. The molecule has 3 nitrogen and oxygen atoms in total. The average molecular weight is 212 g/mol. The van der Waals surface area contributed by atoms with Crippen LogP contribution >= 0.6 is 0 Å². The summed E-state index contributed by atoms with van der Waals surface area (Å²) in [6.45, 7) is 5.54. The Labute approximate surface area is 93.0 Å². The van der Waals surface area contributed by atoms with Gasteiger partial charge in [-0.3, -0.25) is 0 Å². The van der Waals surface area contributed by atoms with E-state index in [0.717, 1.165) is 19.5 Å². The number of quaternary nitrogens is 1. The lowest BCUT2D eigenvalue weighted by Gasteiger charge is -2.34. The van der Waals surface area contributed by atoms with Gasteiger partial charge in [0, 0.05) is 5.92 Å². The summed E-state index contributed by atoms with van der Waals surface area (Å²) in [5, 5.41) is 11.8. The summed E-state index contributed by atoms with van der Waals surface area (Å²) in [4.78, 5) is 2.59. The summed E-state index contributed by atoms with van der Waals surface area (Å²) >= 11 is 0. The Hall–Kier alpha value is -0.120. The molecule has 2 fully saturated rings. The Kier molecular flexibility index (Phi) is 4.42. The summed E-state index contributed by atoms with van der Waals surface area (Å²) in [7, 11) is 0. The molecule has 0 aromatic rings. The summed E-state index contributed by atoms with van der Waals surface area (Å²) in [6.07, 6.45) is 7.86. The molecule has 2 saturated heterocycles. The van der Waals surface area contributed by atoms with E-state index in [1.807, 2.05) is 0 Å². The van der Waals surface area contributed by atoms with Crippen LogP contribution in [-0.2, 0) is 0 Å². The van der Waals surface area contributed by atoms with Gasteiger partial charge in [0.15, 0.2) is 0 Å². The first-order valence-corrected chi connectivity index (χ1v) is 6.58. The van der Waals surface area contributed by atoms with E-state index in [4.69, 9.17) is 0 Å². The van der Waals surface area contributed by atoms with Crippen molar-refractivity contribution in [2.45, 2.75) is 38.5 Å². The van der Waals surface area contributed by atoms with E-state index in [0.29, 0.717) is 11.0 Å². The number of nitrogens with one attached hydrogen (secondary N) is 1. The van der Waals surface area contributed by atoms with Gasteiger partial charge in [-0.1, -0.05) is 6.42 Å². The van der Waals surface area contributed by atoms with Gasteiger partial charge in [0.1, 0.15) is 0 Å². The average Bonchev–Trinajstić information content (AvgIpc) is 2.28. The van der Waals surface area contributed by atoms with E-state index in [-0.39, 0.29) is 0 Å². The number of hydroxylamine groups is 2. The maximum Gasteiger partial charge on any atom is 0.0797 e. The van der Waals surface area contributed by atoms with Crippen LogP contribution in [0.4, 0.5) is 0 Å². The highest BCUT2D eigenvalue weighted by molar-refractivity contribution is 4.68. The highest BCUT2D eigenvalue weighted by Crippen LogP contribution is 2.15. The molecule has 0 amide bonds. The molecule has 0 saturated carbocycles. The third-order valence-corrected chi connectivity index (χ3v) is 3.89. The van der Waals surface area contributed by atoms with Crippen molar-refractivity contribution in [1.82, 2.24) is 4.90 Å². The molecule has 2 heterocycles. The Morgan fingerprint density at radius 1 is 1.13 bits per heavy atom. The van der Waals surface area contributed by atoms with Gasteiger partial charge in [-0.25, -0.2) is 0 Å². The maximum atomic E-state index is 11.3. The van der Waals surface area contributed by atoms with Gasteiger partial charge in [-0.2, -0.15) is 0 Å². The molecular formula is C12H24N2O. The molecule has 2 aliphatic rings. The van der Waals surface area contributed by atoms with E-state index < -0.39 is 0 Å². The molecule has 2 atom stereocenters. The van der Waals surface area contributed by atoms with Crippen LogP contribution in [0.25, 0.3) is 0 Å². The van der Waals surface area contributed by atoms with Gasteiger partial charge >= 0.3 is 0 Å². The molecule has 0 aromatic heterocycles. The van der Waals surface area contributed by atoms with Crippen LogP contribution in [0.5, 0.6) is 0 Å². The molecule has 0 spiro atoms. The van der Waals surface area contributed by atoms with Crippen LogP contribution in [0.2, 0.25) is 0 Å². The van der Waals surface area contributed by atoms with Gasteiger partial charge in [0.2, 0.25) is 0 Å².